The van der Waals surface area contributed by atoms with E-state index in [1.807, 2.05) is 36.5 Å². The first-order chi connectivity index (χ1) is 13.8. The molecule has 4 aromatic rings. The molecule has 0 fully saturated rings. The number of thioether (sulfide) groups is 1. The van der Waals surface area contributed by atoms with Crippen molar-refractivity contribution in [3.05, 3.63) is 48.7 Å². The van der Waals surface area contributed by atoms with Crippen molar-refractivity contribution in [2.24, 2.45) is 0 Å². The molecular formula is C21H22N4O2S. The van der Waals surface area contributed by atoms with Gasteiger partial charge in [0.05, 0.1) is 19.9 Å². The van der Waals surface area contributed by atoms with Gasteiger partial charge in [-0.25, -0.2) is 0 Å². The number of methoxy groups -OCH3 is 2. The molecule has 4 rings (SSSR count). The lowest BCUT2D eigenvalue weighted by Crippen LogP contribution is -2.03. The van der Waals surface area contributed by atoms with Crippen molar-refractivity contribution in [3.8, 4) is 28.6 Å². The summed E-state index contributed by atoms with van der Waals surface area (Å²) in [5.74, 6) is 3.21. The summed E-state index contributed by atoms with van der Waals surface area (Å²) >= 11 is 1.68. The van der Waals surface area contributed by atoms with Crippen molar-refractivity contribution < 1.29 is 9.47 Å². The van der Waals surface area contributed by atoms with E-state index in [0.29, 0.717) is 0 Å². The number of fused-ring (bicyclic) bond motifs is 1. The molecule has 2 aromatic heterocycles. The van der Waals surface area contributed by atoms with Gasteiger partial charge in [0.1, 0.15) is 11.5 Å². The summed E-state index contributed by atoms with van der Waals surface area (Å²) < 4.78 is 13.1. The molecular weight excluding hydrogens is 372 g/mol. The molecule has 0 unspecified atom stereocenters. The largest absolute Gasteiger partial charge is 0.497 e. The van der Waals surface area contributed by atoms with Crippen LogP contribution in [0.5, 0.6) is 11.5 Å². The molecule has 0 bridgehead atoms. The first kappa shape index (κ1) is 18.4. The summed E-state index contributed by atoms with van der Waals surface area (Å²) in [7, 11) is 3.32. The summed E-state index contributed by atoms with van der Waals surface area (Å²) in [6.07, 6.45) is 3.03. The highest BCUT2D eigenvalue weighted by atomic mass is 32.2. The number of aromatic nitrogens is 4. The van der Waals surface area contributed by atoms with E-state index in [-0.39, 0.29) is 0 Å². The Hall–Kier alpha value is -2.93. The third kappa shape index (κ3) is 3.22. The Kier molecular flexibility index (Phi) is 5.25. The summed E-state index contributed by atoms with van der Waals surface area (Å²) in [4.78, 5) is 3.33. The highest BCUT2D eigenvalue weighted by Gasteiger charge is 2.21. The van der Waals surface area contributed by atoms with Crippen LogP contribution >= 0.6 is 11.8 Å². The van der Waals surface area contributed by atoms with Gasteiger partial charge in [0, 0.05) is 34.5 Å². The molecule has 144 valence electrons. The number of aromatic amines is 1. The second-order valence-electron chi connectivity index (χ2n) is 6.28. The van der Waals surface area contributed by atoms with Crippen LogP contribution in [-0.2, 0) is 0 Å². The molecule has 2 heterocycles. The fourth-order valence-electron chi connectivity index (χ4n) is 3.18. The molecule has 0 aliphatic carbocycles. The maximum absolute atomic E-state index is 5.64. The predicted octanol–water partition coefficient (Wildman–Crippen LogP) is 4.93. The number of para-hydroxylation sites is 1. The van der Waals surface area contributed by atoms with E-state index in [1.54, 1.807) is 26.0 Å². The van der Waals surface area contributed by atoms with Crippen molar-refractivity contribution in [2.45, 2.75) is 18.5 Å². The topological polar surface area (TPSA) is 65.0 Å². The molecule has 1 N–H and O–H groups in total. The first-order valence-electron chi connectivity index (χ1n) is 9.14. The van der Waals surface area contributed by atoms with E-state index in [9.17, 15) is 0 Å². The Balaban J connectivity index is 1.96. The minimum Gasteiger partial charge on any atom is -0.497 e. The van der Waals surface area contributed by atoms with Crippen LogP contribution in [0.4, 0.5) is 0 Å². The molecule has 28 heavy (non-hydrogen) atoms. The van der Waals surface area contributed by atoms with Gasteiger partial charge in [-0.05, 0) is 24.6 Å². The molecule has 0 amide bonds. The number of hydrogen-bond donors (Lipinski definition) is 1. The van der Waals surface area contributed by atoms with E-state index in [4.69, 9.17) is 9.47 Å². The average molecular weight is 395 g/mol. The minimum atomic E-state index is 0.736. The van der Waals surface area contributed by atoms with Crippen LogP contribution in [0.2, 0.25) is 0 Å². The number of ether oxygens (including phenoxy) is 2. The zero-order valence-corrected chi connectivity index (χ0v) is 16.9. The minimum absolute atomic E-state index is 0.736. The fraction of sp³-hybridized carbons (Fsp3) is 0.238. The van der Waals surface area contributed by atoms with Gasteiger partial charge in [0.15, 0.2) is 11.0 Å². The third-order valence-corrected chi connectivity index (χ3v) is 5.66. The van der Waals surface area contributed by atoms with E-state index in [0.717, 1.165) is 56.8 Å². The van der Waals surface area contributed by atoms with Gasteiger partial charge in [-0.2, -0.15) is 0 Å². The van der Waals surface area contributed by atoms with Crippen molar-refractivity contribution in [1.82, 2.24) is 19.7 Å². The van der Waals surface area contributed by atoms with Gasteiger partial charge in [0.2, 0.25) is 0 Å². The van der Waals surface area contributed by atoms with Crippen LogP contribution in [-0.4, -0.2) is 39.7 Å². The monoisotopic (exact) mass is 394 g/mol. The highest BCUT2D eigenvalue weighted by Crippen LogP contribution is 2.36. The van der Waals surface area contributed by atoms with Crippen LogP contribution in [0, 0.1) is 0 Å². The van der Waals surface area contributed by atoms with Crippen LogP contribution in [0.1, 0.15) is 13.3 Å². The maximum atomic E-state index is 5.64. The van der Waals surface area contributed by atoms with E-state index >= 15 is 0 Å². The normalized spacial score (nSPS) is 11.1. The standard InChI is InChI=1S/C21H22N4O2S/c1-4-11-28-21-24-23-20(16-13-22-17-8-6-5-7-15(16)17)25(21)18-12-14(26-2)9-10-19(18)27-3/h5-10,12-13,22H,4,11H2,1-3H3. The van der Waals surface area contributed by atoms with Gasteiger partial charge in [-0.3, -0.25) is 4.57 Å². The second kappa shape index (κ2) is 7.98. The van der Waals surface area contributed by atoms with Crippen LogP contribution in [0.3, 0.4) is 0 Å². The molecule has 0 saturated heterocycles. The highest BCUT2D eigenvalue weighted by molar-refractivity contribution is 7.99. The third-order valence-electron chi connectivity index (χ3n) is 4.53. The molecule has 0 atom stereocenters. The Morgan fingerprint density at radius 1 is 1.07 bits per heavy atom. The summed E-state index contributed by atoms with van der Waals surface area (Å²) in [5.41, 5.74) is 2.91. The van der Waals surface area contributed by atoms with Crippen molar-refractivity contribution in [2.75, 3.05) is 20.0 Å². The Morgan fingerprint density at radius 3 is 2.71 bits per heavy atom. The predicted molar refractivity (Wildman–Crippen MR) is 113 cm³/mol. The lowest BCUT2D eigenvalue weighted by Gasteiger charge is -2.15. The van der Waals surface area contributed by atoms with Gasteiger partial charge >= 0.3 is 0 Å². The molecule has 0 spiro atoms. The number of nitrogens with zero attached hydrogens (tertiary/aromatic N) is 3. The zero-order valence-electron chi connectivity index (χ0n) is 16.1. The summed E-state index contributed by atoms with van der Waals surface area (Å²) in [5, 5.41) is 11.0. The van der Waals surface area contributed by atoms with Crippen molar-refractivity contribution in [1.29, 1.82) is 0 Å². The van der Waals surface area contributed by atoms with Gasteiger partial charge in [0.25, 0.3) is 0 Å². The number of hydrogen-bond acceptors (Lipinski definition) is 5. The molecule has 7 heteroatoms. The molecule has 0 saturated carbocycles. The lowest BCUT2D eigenvalue weighted by molar-refractivity contribution is 0.401. The number of rotatable bonds is 7. The second-order valence-corrected chi connectivity index (χ2v) is 7.34. The van der Waals surface area contributed by atoms with Crippen molar-refractivity contribution >= 4 is 22.7 Å². The lowest BCUT2D eigenvalue weighted by atomic mass is 10.1. The molecule has 6 nitrogen and oxygen atoms in total. The van der Waals surface area contributed by atoms with Crippen molar-refractivity contribution in [3.63, 3.8) is 0 Å². The van der Waals surface area contributed by atoms with Crippen LogP contribution in [0.15, 0.2) is 53.8 Å². The maximum Gasteiger partial charge on any atom is 0.196 e. The van der Waals surface area contributed by atoms with Crippen LogP contribution < -0.4 is 9.47 Å². The van der Waals surface area contributed by atoms with Gasteiger partial charge in [-0.15, -0.1) is 10.2 Å². The van der Waals surface area contributed by atoms with E-state index in [1.165, 1.54) is 0 Å². The summed E-state index contributed by atoms with van der Waals surface area (Å²) in [6.45, 7) is 2.15. The van der Waals surface area contributed by atoms with E-state index < -0.39 is 0 Å². The van der Waals surface area contributed by atoms with Crippen LogP contribution in [0.25, 0.3) is 28.0 Å². The molecule has 0 radical (unpaired) electrons. The van der Waals surface area contributed by atoms with Gasteiger partial charge in [-0.1, -0.05) is 36.9 Å². The molecule has 0 aliphatic heterocycles. The Labute approximate surface area is 167 Å². The first-order valence-corrected chi connectivity index (χ1v) is 10.1. The number of benzene rings is 2. The number of nitrogens with one attached hydrogen (secondary N) is 1. The molecule has 0 aliphatic rings. The number of H-pyrrole nitrogens is 1. The fourth-order valence-corrected chi connectivity index (χ4v) is 3.98. The smallest absolute Gasteiger partial charge is 0.196 e. The van der Waals surface area contributed by atoms with Gasteiger partial charge < -0.3 is 14.5 Å². The Bertz CT molecular complexity index is 1100. The SMILES string of the molecule is CCCSc1nnc(-c2c[nH]c3ccccc23)n1-c1cc(OC)ccc1OC. The summed E-state index contributed by atoms with van der Waals surface area (Å²) in [6, 6.07) is 13.9. The Morgan fingerprint density at radius 2 is 1.93 bits per heavy atom. The molecule has 2 aromatic carbocycles. The quantitative estimate of drug-likeness (QED) is 0.450. The average Bonchev–Trinajstić information content (AvgIpc) is 3.35. The zero-order chi connectivity index (χ0) is 19.5. The van der Waals surface area contributed by atoms with E-state index in [2.05, 4.69) is 38.8 Å².